The number of rotatable bonds is 6. The van der Waals surface area contributed by atoms with Crippen LogP contribution in [0.1, 0.15) is 52.4 Å². The zero-order chi connectivity index (χ0) is 11.4. The molecule has 0 fully saturated rings. The fourth-order valence-corrected chi connectivity index (χ4v) is 0.791. The third-order valence-corrected chi connectivity index (χ3v) is 1.53. The van der Waals surface area contributed by atoms with Gasteiger partial charge >= 0.3 is 5.97 Å². The quantitative estimate of drug-likeness (QED) is 0.457. The van der Waals surface area contributed by atoms with Crippen LogP contribution in [0.2, 0.25) is 0 Å². The van der Waals surface area contributed by atoms with Crippen LogP contribution in [-0.4, -0.2) is 27.6 Å². The molecule has 0 aliphatic rings. The summed E-state index contributed by atoms with van der Waals surface area (Å²) in [6, 6.07) is 0. The van der Waals surface area contributed by atoms with E-state index in [4.69, 9.17) is 15.3 Å². The van der Waals surface area contributed by atoms with Crippen LogP contribution < -0.4 is 0 Å². The average Bonchev–Trinajstić information content (AvgIpc) is 2.05. The fourth-order valence-electron chi connectivity index (χ4n) is 0.791. The molecule has 86 valence electrons. The Morgan fingerprint density at radius 1 is 1.14 bits per heavy atom. The Hall–Kier alpha value is -0.610. The third-order valence-electron chi connectivity index (χ3n) is 1.53. The zero-order valence-corrected chi connectivity index (χ0v) is 9.07. The molecule has 0 saturated heterocycles. The number of hydrogen-bond acceptors (Lipinski definition) is 3. The molecule has 0 aromatic carbocycles. The van der Waals surface area contributed by atoms with Gasteiger partial charge in [0.2, 0.25) is 0 Å². The highest BCUT2D eigenvalue weighted by Gasteiger charge is 1.93. The van der Waals surface area contributed by atoms with Crippen molar-refractivity contribution in [2.75, 3.05) is 0 Å². The first-order valence-corrected chi connectivity index (χ1v) is 5.12. The summed E-state index contributed by atoms with van der Waals surface area (Å²) in [6.45, 7) is 3.93. The number of hydrogen-bond donors (Lipinski definition) is 3. The van der Waals surface area contributed by atoms with Crippen molar-refractivity contribution in [1.82, 2.24) is 0 Å². The molecule has 0 aliphatic heterocycles. The highest BCUT2D eigenvalue weighted by molar-refractivity contribution is 5.66. The van der Waals surface area contributed by atoms with Crippen molar-refractivity contribution in [2.24, 2.45) is 0 Å². The molecule has 0 aliphatic carbocycles. The Balaban J connectivity index is 0. The van der Waals surface area contributed by atoms with Crippen molar-refractivity contribution < 1.29 is 20.1 Å². The van der Waals surface area contributed by atoms with Gasteiger partial charge in [0.15, 0.2) is 6.29 Å². The molecule has 4 nitrogen and oxygen atoms in total. The number of aliphatic hydroxyl groups excluding tert-OH is 1. The summed E-state index contributed by atoms with van der Waals surface area (Å²) < 4.78 is 0. The summed E-state index contributed by atoms with van der Waals surface area (Å²) in [6.07, 6.45) is 3.60. The van der Waals surface area contributed by atoms with Crippen LogP contribution in [0.5, 0.6) is 0 Å². The number of unbranched alkanes of at least 4 members (excludes halogenated alkanes) is 2. The maximum absolute atomic E-state index is 9.60. The van der Waals surface area contributed by atoms with Gasteiger partial charge in [0.25, 0.3) is 0 Å². The maximum Gasteiger partial charge on any atom is 0.303 e. The van der Waals surface area contributed by atoms with Crippen molar-refractivity contribution in [1.29, 1.82) is 0 Å². The van der Waals surface area contributed by atoms with Gasteiger partial charge in [0.1, 0.15) is 0 Å². The van der Waals surface area contributed by atoms with Crippen molar-refractivity contribution >= 4 is 5.97 Å². The van der Waals surface area contributed by atoms with E-state index >= 15 is 0 Å². The third kappa shape index (κ3) is 22.5. The first kappa shape index (κ1) is 15.8. The second-order valence-electron chi connectivity index (χ2n) is 3.12. The van der Waals surface area contributed by atoms with Crippen molar-refractivity contribution in [2.45, 2.75) is 58.7 Å². The maximum atomic E-state index is 9.60. The van der Waals surface area contributed by atoms with E-state index in [0.29, 0.717) is 12.8 Å². The Kier molecular flexibility index (Phi) is 14.0. The molecule has 4 heteroatoms. The van der Waals surface area contributed by atoms with Gasteiger partial charge in [-0.1, -0.05) is 26.7 Å². The molecule has 0 aromatic rings. The number of aliphatic carboxylic acids is 1. The van der Waals surface area contributed by atoms with E-state index in [1.165, 1.54) is 0 Å². The van der Waals surface area contributed by atoms with Crippen LogP contribution in [0, 0.1) is 0 Å². The molecule has 0 saturated carbocycles. The zero-order valence-electron chi connectivity index (χ0n) is 9.07. The molecule has 0 atom stereocenters. The van der Waals surface area contributed by atoms with Gasteiger partial charge in [-0.3, -0.25) is 4.79 Å². The van der Waals surface area contributed by atoms with E-state index in [-0.39, 0.29) is 0 Å². The van der Waals surface area contributed by atoms with Crippen molar-refractivity contribution in [3.05, 3.63) is 0 Å². The molecular weight excluding hydrogens is 184 g/mol. The van der Waals surface area contributed by atoms with Gasteiger partial charge in [-0.05, 0) is 19.3 Å². The molecule has 0 aromatic heterocycles. The van der Waals surface area contributed by atoms with E-state index in [0.717, 1.165) is 25.7 Å². The lowest BCUT2D eigenvalue weighted by Gasteiger charge is -1.99. The summed E-state index contributed by atoms with van der Waals surface area (Å²) in [5.74, 6) is -0.711. The molecule has 0 unspecified atom stereocenters. The predicted octanol–water partition coefficient (Wildman–Crippen LogP) is 1.75. The van der Waals surface area contributed by atoms with Gasteiger partial charge in [0.05, 0.1) is 0 Å². The smallest absolute Gasteiger partial charge is 0.303 e. The van der Waals surface area contributed by atoms with Crippen LogP contribution >= 0.6 is 0 Å². The highest BCUT2D eigenvalue weighted by atomic mass is 16.5. The average molecular weight is 206 g/mol. The lowest BCUT2D eigenvalue weighted by molar-refractivity contribution is -0.137. The minimum absolute atomic E-state index is 0.292. The summed E-state index contributed by atoms with van der Waals surface area (Å²) >= 11 is 0. The molecule has 0 bridgehead atoms. The van der Waals surface area contributed by atoms with Crippen LogP contribution in [-0.2, 0) is 4.79 Å². The summed E-state index contributed by atoms with van der Waals surface area (Å²) in [7, 11) is 0. The van der Waals surface area contributed by atoms with E-state index in [1.54, 1.807) is 0 Å². The summed E-state index contributed by atoms with van der Waals surface area (Å²) in [5, 5.41) is 24.6. The molecule has 0 radical (unpaired) electrons. The monoisotopic (exact) mass is 206 g/mol. The Morgan fingerprint density at radius 3 is 1.93 bits per heavy atom. The summed E-state index contributed by atoms with van der Waals surface area (Å²) in [4.78, 5) is 9.60. The lowest BCUT2D eigenvalue weighted by atomic mass is 10.2. The van der Waals surface area contributed by atoms with Gasteiger partial charge in [-0.25, -0.2) is 0 Å². The molecule has 14 heavy (non-hydrogen) atoms. The van der Waals surface area contributed by atoms with Gasteiger partial charge in [-0.15, -0.1) is 0 Å². The van der Waals surface area contributed by atoms with Gasteiger partial charge in [-0.2, -0.15) is 0 Å². The van der Waals surface area contributed by atoms with Gasteiger partial charge < -0.3 is 15.3 Å². The second kappa shape index (κ2) is 12.4. The minimum atomic E-state index is -1.10. The standard InChI is InChI=1S/C6H14O2.C4H8O2/c1-2-3-4-5-6(7)8;1-2-3-4(5)6/h6-8H,2-5H2,1H3;2-3H2,1H3,(H,5,6). The SMILES string of the molecule is CCCC(=O)O.CCCCCC(O)O. The first-order valence-electron chi connectivity index (χ1n) is 5.12. The highest BCUT2D eigenvalue weighted by Crippen LogP contribution is 1.99. The Bertz CT molecular complexity index is 123. The van der Waals surface area contributed by atoms with Gasteiger partial charge in [0, 0.05) is 6.42 Å². The largest absolute Gasteiger partial charge is 0.481 e. The number of carboxylic acid groups (broad SMARTS) is 1. The fraction of sp³-hybridized carbons (Fsp3) is 0.900. The summed E-state index contributed by atoms with van der Waals surface area (Å²) in [5.41, 5.74) is 0. The molecule has 3 N–H and O–H groups in total. The van der Waals surface area contributed by atoms with Crippen LogP contribution in [0.25, 0.3) is 0 Å². The van der Waals surface area contributed by atoms with Crippen molar-refractivity contribution in [3.8, 4) is 0 Å². The molecule has 0 spiro atoms. The lowest BCUT2D eigenvalue weighted by Crippen LogP contribution is -2.02. The van der Waals surface area contributed by atoms with Crippen LogP contribution in [0.3, 0.4) is 0 Å². The van der Waals surface area contributed by atoms with Crippen LogP contribution in [0.4, 0.5) is 0 Å². The number of carbonyl (C=O) groups is 1. The van der Waals surface area contributed by atoms with E-state index < -0.39 is 12.3 Å². The predicted molar refractivity (Wildman–Crippen MR) is 54.9 cm³/mol. The number of aliphatic hydroxyl groups is 2. The second-order valence-corrected chi connectivity index (χ2v) is 3.12. The van der Waals surface area contributed by atoms with E-state index in [1.807, 2.05) is 6.92 Å². The van der Waals surface area contributed by atoms with Crippen molar-refractivity contribution in [3.63, 3.8) is 0 Å². The molecule has 0 rings (SSSR count). The number of carboxylic acids is 1. The Morgan fingerprint density at radius 2 is 1.71 bits per heavy atom. The van der Waals surface area contributed by atoms with E-state index in [2.05, 4.69) is 6.92 Å². The molecular formula is C10H22O4. The normalized spacial score (nSPS) is 9.50. The molecule has 0 heterocycles. The van der Waals surface area contributed by atoms with Crippen LogP contribution in [0.15, 0.2) is 0 Å². The molecule has 0 amide bonds. The van der Waals surface area contributed by atoms with E-state index in [9.17, 15) is 4.79 Å². The first-order chi connectivity index (χ1) is 6.54. The topological polar surface area (TPSA) is 77.8 Å². The Labute approximate surface area is 85.6 Å². The minimum Gasteiger partial charge on any atom is -0.481 e.